The minimum Gasteiger partial charge on any atom is -0.660 e. The molecule has 1 saturated heterocycles. The number of aromatic nitrogens is 2. The van der Waals surface area contributed by atoms with E-state index >= 15 is 0 Å². The Morgan fingerprint density at radius 1 is 1.50 bits per heavy atom. The van der Waals surface area contributed by atoms with Crippen LogP contribution in [0.4, 0.5) is 5.88 Å². The lowest BCUT2D eigenvalue weighted by Gasteiger charge is -2.15. The van der Waals surface area contributed by atoms with Crippen LogP contribution in [-0.4, -0.2) is 17.4 Å². The van der Waals surface area contributed by atoms with Crippen LogP contribution in [0.2, 0.25) is 0 Å². The van der Waals surface area contributed by atoms with E-state index in [4.69, 9.17) is 10.3 Å². The maximum absolute atomic E-state index is 7.23. The average Bonchev–Trinajstić information content (AvgIpc) is 2.60. The van der Waals surface area contributed by atoms with Gasteiger partial charge in [-0.15, -0.1) is 17.4 Å². The maximum atomic E-state index is 7.23. The lowest BCUT2D eigenvalue weighted by Crippen LogP contribution is -2.63. The molecule has 0 bridgehead atoms. The fourth-order valence-electron chi connectivity index (χ4n) is 1.93. The Bertz CT molecular complexity index is 293. The summed E-state index contributed by atoms with van der Waals surface area (Å²) in [5.74, 6) is 0.103. The zero-order valence-corrected chi connectivity index (χ0v) is 9.12. The first-order chi connectivity index (χ1) is 6.18. The van der Waals surface area contributed by atoms with Gasteiger partial charge in [-0.1, -0.05) is 0 Å². The van der Waals surface area contributed by atoms with Gasteiger partial charge in [0.05, 0.1) is 16.9 Å². The van der Waals surface area contributed by atoms with Crippen molar-refractivity contribution in [3.8, 4) is 0 Å². The van der Waals surface area contributed by atoms with Gasteiger partial charge in [0.2, 0.25) is 5.27 Å². The topological polar surface area (TPSA) is 57.0 Å². The van der Waals surface area contributed by atoms with E-state index in [0.29, 0.717) is 12.1 Å². The minimum absolute atomic E-state index is 0. The summed E-state index contributed by atoms with van der Waals surface area (Å²) in [4.78, 5) is 1.64. The van der Waals surface area contributed by atoms with E-state index in [1.165, 1.54) is 12.8 Å². The molecule has 1 aliphatic heterocycles. The smallest absolute Gasteiger partial charge is 0.256 e. The monoisotopic (exact) mass is 218 g/mol. The highest BCUT2D eigenvalue weighted by molar-refractivity contribution is 5.85. The van der Waals surface area contributed by atoms with Gasteiger partial charge >= 0.3 is 0 Å². The van der Waals surface area contributed by atoms with Gasteiger partial charge in [0.25, 0.3) is 6.20 Å². The first-order valence-electron chi connectivity index (χ1n) is 4.57. The summed E-state index contributed by atoms with van der Waals surface area (Å²) in [6.07, 6.45) is 3.95. The third-order valence-electron chi connectivity index (χ3n) is 2.60. The van der Waals surface area contributed by atoms with Crippen molar-refractivity contribution in [2.75, 3.05) is 5.01 Å². The van der Waals surface area contributed by atoms with Gasteiger partial charge in [0, 0.05) is 0 Å². The largest absolute Gasteiger partial charge is 0.660 e. The summed E-state index contributed by atoms with van der Waals surface area (Å²) in [6.45, 7) is 4.32. The van der Waals surface area contributed by atoms with Crippen LogP contribution in [0.3, 0.4) is 0 Å². The van der Waals surface area contributed by atoms with E-state index in [0.717, 1.165) is 0 Å². The van der Waals surface area contributed by atoms with Crippen molar-refractivity contribution in [3.05, 3.63) is 11.9 Å². The predicted molar refractivity (Wildman–Crippen MR) is 54.3 cm³/mol. The van der Waals surface area contributed by atoms with Crippen molar-refractivity contribution in [1.82, 2.24) is 5.27 Å². The molecule has 1 aliphatic rings. The number of rotatable bonds is 1. The highest BCUT2D eigenvalue weighted by Gasteiger charge is 2.35. The van der Waals surface area contributed by atoms with E-state index in [2.05, 4.69) is 24.1 Å². The van der Waals surface area contributed by atoms with E-state index in [-0.39, 0.29) is 18.3 Å². The van der Waals surface area contributed by atoms with Crippen LogP contribution < -0.4 is 9.80 Å². The van der Waals surface area contributed by atoms with Gasteiger partial charge in [-0.25, -0.2) is 0 Å². The lowest BCUT2D eigenvalue weighted by atomic mass is 10.2. The molecule has 1 N–H and O–H groups in total. The first kappa shape index (κ1) is 11.1. The molecule has 0 spiro atoms. The van der Waals surface area contributed by atoms with Crippen molar-refractivity contribution < 1.29 is 9.31 Å². The van der Waals surface area contributed by atoms with Gasteiger partial charge in [-0.05, 0) is 26.7 Å². The molecule has 14 heavy (non-hydrogen) atoms. The second-order valence-electron chi connectivity index (χ2n) is 3.64. The molecular weight excluding hydrogens is 204 g/mol. The zero-order valence-electron chi connectivity index (χ0n) is 8.30. The molecule has 2 rings (SSSR count). The molecule has 5 nitrogen and oxygen atoms in total. The fourth-order valence-corrected chi connectivity index (χ4v) is 1.93. The summed E-state index contributed by atoms with van der Waals surface area (Å²) in [7, 11) is 0. The average molecular weight is 219 g/mol. The summed E-state index contributed by atoms with van der Waals surface area (Å²) < 4.78 is 4.71. The molecule has 0 aromatic carbocycles. The van der Waals surface area contributed by atoms with Crippen LogP contribution in [0.25, 0.3) is 5.73 Å². The van der Waals surface area contributed by atoms with Crippen molar-refractivity contribution in [3.63, 3.8) is 0 Å². The third kappa shape index (κ3) is 1.77. The highest BCUT2D eigenvalue weighted by atomic mass is 35.5. The van der Waals surface area contributed by atoms with Gasteiger partial charge in [-0.2, -0.15) is 0 Å². The van der Waals surface area contributed by atoms with Crippen LogP contribution in [0.15, 0.2) is 10.7 Å². The lowest BCUT2D eigenvalue weighted by molar-refractivity contribution is -0.762. The Labute approximate surface area is 89.2 Å². The van der Waals surface area contributed by atoms with Crippen LogP contribution in [0, 0.1) is 0 Å². The minimum atomic E-state index is 0. The number of hydrogen-bond donors (Lipinski definition) is 0. The number of nitrogens with one attached hydrogen (secondary N) is 1. The zero-order chi connectivity index (χ0) is 9.42. The first-order valence-corrected chi connectivity index (χ1v) is 4.57. The standard InChI is InChI=1S/C8H14N4O.ClH/c1-6-3-4-7(2)12(6)11-5-8(9)13-10-11;/h5-7,9H,3-4H2,1-2H3;1H/t6-,7+;. The highest BCUT2D eigenvalue weighted by Crippen LogP contribution is 2.18. The van der Waals surface area contributed by atoms with Crippen LogP contribution >= 0.6 is 12.4 Å². The second kappa shape index (κ2) is 4.04. The third-order valence-corrected chi connectivity index (χ3v) is 2.60. The quantitative estimate of drug-likeness (QED) is 0.673. The van der Waals surface area contributed by atoms with Crippen molar-refractivity contribution in [2.45, 2.75) is 38.8 Å². The van der Waals surface area contributed by atoms with E-state index < -0.39 is 0 Å². The molecule has 80 valence electrons. The van der Waals surface area contributed by atoms with Gasteiger partial charge < -0.3 is 10.3 Å². The van der Waals surface area contributed by atoms with E-state index in [1.807, 2.05) is 0 Å². The predicted octanol–water partition coefficient (Wildman–Crippen LogP) is 1.58. The number of nitrogens with zero attached hydrogens (tertiary/aromatic N) is 3. The van der Waals surface area contributed by atoms with Gasteiger partial charge in [0.15, 0.2) is 0 Å². The van der Waals surface area contributed by atoms with Crippen molar-refractivity contribution >= 4 is 18.3 Å². The van der Waals surface area contributed by atoms with Crippen molar-refractivity contribution in [2.24, 2.45) is 0 Å². The van der Waals surface area contributed by atoms with Crippen molar-refractivity contribution in [1.29, 1.82) is 0 Å². The Balaban J connectivity index is 0.000000980. The SMILES string of the molecule is C[C@@H]1CC[C@H](C)N1[n+]1cc([NH-])on1.Cl. The second-order valence-corrected chi connectivity index (χ2v) is 3.64. The fraction of sp³-hybridized carbons (Fsp3) is 0.750. The van der Waals surface area contributed by atoms with Crippen LogP contribution in [0.1, 0.15) is 26.7 Å². The van der Waals surface area contributed by atoms with E-state index in [9.17, 15) is 0 Å². The summed E-state index contributed by atoms with van der Waals surface area (Å²) in [5.41, 5.74) is 7.23. The number of halogens is 1. The molecule has 1 aromatic rings. The summed E-state index contributed by atoms with van der Waals surface area (Å²) in [6, 6.07) is 0.953. The molecular formula is C8H15ClN4O. The normalized spacial score (nSPS) is 26.3. The Kier molecular flexibility index (Phi) is 3.21. The number of hydrogen-bond acceptors (Lipinski definition) is 3. The Morgan fingerprint density at radius 3 is 2.50 bits per heavy atom. The van der Waals surface area contributed by atoms with Crippen LogP contribution in [0.5, 0.6) is 0 Å². The molecule has 1 aromatic heterocycles. The molecule has 0 unspecified atom stereocenters. The molecule has 2 atom stereocenters. The molecule has 0 amide bonds. The van der Waals surface area contributed by atoms with Crippen LogP contribution in [-0.2, 0) is 0 Å². The van der Waals surface area contributed by atoms with Gasteiger partial charge in [-0.3, -0.25) is 0 Å². The molecule has 0 radical (unpaired) electrons. The van der Waals surface area contributed by atoms with Gasteiger partial charge in [0.1, 0.15) is 5.88 Å². The molecule has 1 fully saturated rings. The molecule has 2 heterocycles. The molecule has 0 saturated carbocycles. The summed E-state index contributed by atoms with van der Waals surface area (Å²) >= 11 is 0. The Hall–Kier alpha value is -0.970. The molecule has 0 aliphatic carbocycles. The summed E-state index contributed by atoms with van der Waals surface area (Å²) in [5, 5.41) is 5.92. The molecule has 6 heteroatoms. The Morgan fingerprint density at radius 2 is 2.07 bits per heavy atom. The maximum Gasteiger partial charge on any atom is 0.256 e. The van der Waals surface area contributed by atoms with E-state index in [1.54, 1.807) is 11.0 Å².